The van der Waals surface area contributed by atoms with Gasteiger partial charge in [-0.2, -0.15) is 5.10 Å². The molecule has 42 heavy (non-hydrogen) atoms. The van der Waals surface area contributed by atoms with Crippen LogP contribution in [0.5, 0.6) is 0 Å². The van der Waals surface area contributed by atoms with Gasteiger partial charge in [-0.15, -0.1) is 0 Å². The summed E-state index contributed by atoms with van der Waals surface area (Å²) in [7, 11) is 2.15. The first-order chi connectivity index (χ1) is 20.5. The van der Waals surface area contributed by atoms with Crippen molar-refractivity contribution in [1.82, 2.24) is 14.9 Å². The van der Waals surface area contributed by atoms with Crippen LogP contribution >= 0.6 is 0 Å². The Bertz CT molecular complexity index is 1430. The summed E-state index contributed by atoms with van der Waals surface area (Å²) < 4.78 is 13.5. The Kier molecular flexibility index (Phi) is 6.58. The molecule has 0 radical (unpaired) electrons. The van der Waals surface area contributed by atoms with Crippen molar-refractivity contribution in [1.29, 1.82) is 0 Å². The average Bonchev–Trinajstić information content (AvgIpc) is 3.97. The summed E-state index contributed by atoms with van der Waals surface area (Å²) in [6.07, 6.45) is 14.6. The minimum absolute atomic E-state index is 0.175. The zero-order valence-electron chi connectivity index (χ0n) is 25.0. The lowest BCUT2D eigenvalue weighted by Gasteiger charge is -2.54. The Morgan fingerprint density at radius 3 is 2.40 bits per heavy atom. The van der Waals surface area contributed by atoms with Crippen LogP contribution in [0.2, 0.25) is 0 Å². The van der Waals surface area contributed by atoms with Crippen LogP contribution in [0, 0.1) is 11.3 Å². The maximum atomic E-state index is 14.1. The molecule has 1 amide bonds. The second kappa shape index (κ2) is 10.4. The average molecular weight is 569 g/mol. The van der Waals surface area contributed by atoms with E-state index in [1.807, 2.05) is 0 Å². The third-order valence-electron chi connectivity index (χ3n) is 11.4. The van der Waals surface area contributed by atoms with Crippen LogP contribution in [-0.2, 0) is 22.0 Å². The second-order valence-electron chi connectivity index (χ2n) is 14.3. The molecular weight excluding hydrogens is 524 g/mol. The molecule has 5 saturated carbocycles. The zero-order valence-corrected chi connectivity index (χ0v) is 25.0. The molecule has 7 heteroatoms. The second-order valence-corrected chi connectivity index (χ2v) is 14.3. The number of anilines is 1. The molecule has 5 aliphatic carbocycles. The predicted octanol–water partition coefficient (Wildman–Crippen LogP) is 7.27. The van der Waals surface area contributed by atoms with E-state index in [2.05, 4.69) is 58.2 Å². The van der Waals surface area contributed by atoms with Gasteiger partial charge in [0.15, 0.2) is 0 Å². The van der Waals surface area contributed by atoms with Gasteiger partial charge in [-0.25, -0.2) is 0 Å². The van der Waals surface area contributed by atoms with Gasteiger partial charge in [0.1, 0.15) is 11.5 Å². The first-order valence-electron chi connectivity index (χ1n) is 16.5. The van der Waals surface area contributed by atoms with Crippen molar-refractivity contribution >= 4 is 11.6 Å². The molecule has 0 spiro atoms. The third-order valence-corrected chi connectivity index (χ3v) is 11.4. The number of hydrogen-bond acceptors (Lipinski definition) is 5. The van der Waals surface area contributed by atoms with E-state index in [-0.39, 0.29) is 16.7 Å². The summed E-state index contributed by atoms with van der Waals surface area (Å²) >= 11 is 0. The lowest BCUT2D eigenvalue weighted by Crippen LogP contribution is -2.51. The first-order valence-corrected chi connectivity index (χ1v) is 16.5. The predicted molar refractivity (Wildman–Crippen MR) is 161 cm³/mol. The summed E-state index contributed by atoms with van der Waals surface area (Å²) in [5.74, 6) is 2.88. The molecule has 1 aromatic carbocycles. The van der Waals surface area contributed by atoms with Crippen LogP contribution in [0.3, 0.4) is 0 Å². The molecule has 0 N–H and O–H groups in total. The number of aromatic nitrogens is 3. The highest BCUT2D eigenvalue weighted by Crippen LogP contribution is 2.58. The Balaban J connectivity index is 1.05. The molecule has 3 heterocycles. The molecule has 1 aliphatic heterocycles. The van der Waals surface area contributed by atoms with Crippen LogP contribution < -0.4 is 4.90 Å². The number of hydrogen-bond donors (Lipinski definition) is 0. The highest BCUT2D eigenvalue weighted by molar-refractivity contribution is 5.94. The van der Waals surface area contributed by atoms with Gasteiger partial charge in [0.05, 0.1) is 5.69 Å². The smallest absolute Gasteiger partial charge is 0.227 e. The monoisotopic (exact) mass is 568 g/mol. The minimum Gasteiger partial charge on any atom is -0.381 e. The summed E-state index contributed by atoms with van der Waals surface area (Å²) in [6.45, 7) is 2.34. The van der Waals surface area contributed by atoms with Crippen LogP contribution in [-0.4, -0.2) is 40.6 Å². The SMILES string of the molecule is Cn1nc(C2CC2)cc1C12CCC(CN(C(=O)CC3CCOCC3)c3cccc(-c4cc(C5CC5)on4)c3)(CC1)CC2. The lowest BCUT2D eigenvalue weighted by molar-refractivity contribution is -0.120. The standard InChI is InChI=1S/C35H44N4O3/c1-38-32(22-29(36-38)25-5-6-25)35-14-11-34(12-15-35,13-16-35)23-39(33(40)19-24-9-17-41-18-10-24)28-4-2-3-27(20-28)30-21-31(42-37-30)26-7-8-26/h2-4,20-22,24-26H,5-19,23H2,1H3. The molecule has 2 bridgehead atoms. The molecule has 3 aromatic rings. The summed E-state index contributed by atoms with van der Waals surface area (Å²) in [5, 5.41) is 9.33. The molecule has 0 atom stereocenters. The van der Waals surface area contributed by atoms with E-state index in [9.17, 15) is 4.79 Å². The quantitative estimate of drug-likeness (QED) is 0.271. The fraction of sp³-hybridized carbons (Fsp3) is 0.629. The molecule has 7 nitrogen and oxygen atoms in total. The van der Waals surface area contributed by atoms with Crippen molar-refractivity contribution in [2.75, 3.05) is 24.7 Å². The molecule has 9 rings (SSSR count). The lowest BCUT2D eigenvalue weighted by atomic mass is 9.52. The van der Waals surface area contributed by atoms with Crippen LogP contribution in [0.1, 0.15) is 112 Å². The first kappa shape index (κ1) is 26.7. The molecule has 6 fully saturated rings. The van der Waals surface area contributed by atoms with E-state index in [0.29, 0.717) is 24.2 Å². The molecule has 1 saturated heterocycles. The van der Waals surface area contributed by atoms with E-state index in [0.717, 1.165) is 55.3 Å². The van der Waals surface area contributed by atoms with Crippen LogP contribution in [0.15, 0.2) is 40.9 Å². The third kappa shape index (κ3) is 5.01. The summed E-state index contributed by atoms with van der Waals surface area (Å²) in [4.78, 5) is 16.3. The molecule has 6 aliphatic rings. The number of nitrogens with zero attached hydrogens (tertiary/aromatic N) is 4. The van der Waals surface area contributed by atoms with Crippen LogP contribution in [0.25, 0.3) is 11.3 Å². The summed E-state index contributed by atoms with van der Waals surface area (Å²) in [6, 6.07) is 13.0. The largest absolute Gasteiger partial charge is 0.381 e. The number of fused-ring (bicyclic) bond motifs is 3. The molecular formula is C35H44N4O3. The van der Waals surface area contributed by atoms with Gasteiger partial charge in [0.25, 0.3) is 0 Å². The zero-order chi connectivity index (χ0) is 28.3. The fourth-order valence-corrected chi connectivity index (χ4v) is 8.23. The maximum absolute atomic E-state index is 14.1. The molecule has 2 aromatic heterocycles. The van der Waals surface area contributed by atoms with Crippen molar-refractivity contribution in [3.63, 3.8) is 0 Å². The molecule has 0 unspecified atom stereocenters. The summed E-state index contributed by atoms with van der Waals surface area (Å²) in [5.41, 5.74) is 6.09. The Labute approximate surface area is 249 Å². The highest BCUT2D eigenvalue weighted by atomic mass is 16.5. The fourth-order valence-electron chi connectivity index (χ4n) is 8.23. The number of carbonyl (C=O) groups excluding carboxylic acids is 1. The van der Waals surface area contributed by atoms with Gasteiger partial charge in [-0.05, 0) is 107 Å². The molecule has 222 valence electrons. The van der Waals surface area contributed by atoms with E-state index >= 15 is 0 Å². The normalized spacial score (nSPS) is 27.8. The number of aryl methyl sites for hydroxylation is 1. The number of carbonyl (C=O) groups is 1. The Morgan fingerprint density at radius 2 is 1.69 bits per heavy atom. The van der Waals surface area contributed by atoms with E-state index < -0.39 is 0 Å². The van der Waals surface area contributed by atoms with Crippen molar-refractivity contribution in [3.05, 3.63) is 53.5 Å². The number of rotatable bonds is 9. The number of amides is 1. The Hall–Kier alpha value is -2.93. The highest BCUT2D eigenvalue weighted by Gasteiger charge is 2.51. The minimum atomic E-state index is 0.175. The van der Waals surface area contributed by atoms with Gasteiger partial charge < -0.3 is 14.2 Å². The van der Waals surface area contributed by atoms with Gasteiger partial charge in [-0.3, -0.25) is 9.48 Å². The van der Waals surface area contributed by atoms with E-state index in [1.54, 1.807) is 0 Å². The van der Waals surface area contributed by atoms with Gasteiger partial charge >= 0.3 is 0 Å². The van der Waals surface area contributed by atoms with E-state index in [4.69, 9.17) is 14.4 Å². The van der Waals surface area contributed by atoms with Crippen molar-refractivity contribution in [2.24, 2.45) is 18.4 Å². The van der Waals surface area contributed by atoms with Crippen molar-refractivity contribution in [2.45, 2.75) is 101 Å². The van der Waals surface area contributed by atoms with Gasteiger partial charge in [0, 0.05) is 73.5 Å². The maximum Gasteiger partial charge on any atom is 0.227 e. The number of ether oxygens (including phenoxy) is 1. The van der Waals surface area contributed by atoms with Crippen molar-refractivity contribution in [3.8, 4) is 11.3 Å². The topological polar surface area (TPSA) is 73.4 Å². The van der Waals surface area contributed by atoms with Gasteiger partial charge in [-0.1, -0.05) is 17.3 Å². The number of benzene rings is 1. The van der Waals surface area contributed by atoms with E-state index in [1.165, 1.54) is 75.6 Å². The van der Waals surface area contributed by atoms with Crippen LogP contribution in [0.4, 0.5) is 5.69 Å². The van der Waals surface area contributed by atoms with Crippen molar-refractivity contribution < 1.29 is 14.1 Å². The van der Waals surface area contributed by atoms with Gasteiger partial charge in [0.2, 0.25) is 5.91 Å². The Morgan fingerprint density at radius 1 is 0.952 bits per heavy atom.